The van der Waals surface area contributed by atoms with Crippen LogP contribution in [0.2, 0.25) is 0 Å². The maximum absolute atomic E-state index is 12.0. The molecule has 1 aliphatic heterocycles. The van der Waals surface area contributed by atoms with Gasteiger partial charge in [-0.3, -0.25) is 4.79 Å². The molecule has 8 heteroatoms. The second-order valence-corrected chi connectivity index (χ2v) is 5.59. The van der Waals surface area contributed by atoms with E-state index in [4.69, 9.17) is 10.6 Å². The highest BCUT2D eigenvalue weighted by atomic mass is 32.2. The minimum atomic E-state index is 0.0856. The lowest BCUT2D eigenvalue weighted by Gasteiger charge is -2.26. The van der Waals surface area contributed by atoms with Gasteiger partial charge >= 0.3 is 0 Å². The zero-order valence-electron chi connectivity index (χ0n) is 11.2. The Labute approximate surface area is 116 Å². The number of aromatic nitrogens is 3. The van der Waals surface area contributed by atoms with Gasteiger partial charge in [-0.1, -0.05) is 25.6 Å². The van der Waals surface area contributed by atoms with Crippen LogP contribution in [0.4, 0.5) is 0 Å². The fourth-order valence-corrected chi connectivity index (χ4v) is 2.58. The van der Waals surface area contributed by atoms with Gasteiger partial charge in [0, 0.05) is 19.0 Å². The number of carbonyl (C=O) groups excluding carboxylic acids is 1. The number of rotatable bonds is 4. The van der Waals surface area contributed by atoms with Gasteiger partial charge in [-0.15, -0.1) is 10.2 Å². The predicted molar refractivity (Wildman–Crippen MR) is 72.4 cm³/mol. The van der Waals surface area contributed by atoms with Crippen LogP contribution in [-0.4, -0.2) is 57.7 Å². The Morgan fingerprint density at radius 1 is 1.42 bits per heavy atom. The number of nitrogens with two attached hydrogens (primary N) is 1. The Hall–Kier alpha value is -1.28. The highest BCUT2D eigenvalue weighted by Gasteiger charge is 2.19. The molecule has 0 saturated carbocycles. The summed E-state index contributed by atoms with van der Waals surface area (Å²) in [5.41, 5.74) is 0. The quantitative estimate of drug-likeness (QED) is 0.622. The average Bonchev–Trinajstić information content (AvgIpc) is 2.78. The predicted octanol–water partition coefficient (Wildman–Crippen LogP) is 0.0662. The molecular formula is C11H19N5O2S. The fourth-order valence-electron chi connectivity index (χ4n) is 1.81. The number of hydrogen-bond acceptors (Lipinski definition) is 6. The molecule has 2 rings (SSSR count). The number of nitrogen functional groups attached to an aromatic ring is 1. The molecule has 0 unspecified atom stereocenters. The molecule has 0 bridgehead atoms. The number of morpholine rings is 1. The van der Waals surface area contributed by atoms with Crippen molar-refractivity contribution in [2.75, 3.05) is 37.9 Å². The summed E-state index contributed by atoms with van der Waals surface area (Å²) in [5.74, 6) is 7.24. The van der Waals surface area contributed by atoms with Gasteiger partial charge in [0.2, 0.25) is 11.1 Å². The fraction of sp³-hybridized carbons (Fsp3) is 0.727. The summed E-state index contributed by atoms with van der Waals surface area (Å²) in [6.07, 6.45) is 0. The zero-order chi connectivity index (χ0) is 13.8. The first-order valence-corrected chi connectivity index (χ1v) is 7.27. The van der Waals surface area contributed by atoms with Crippen LogP contribution in [0.1, 0.15) is 25.6 Å². The minimum Gasteiger partial charge on any atom is -0.378 e. The van der Waals surface area contributed by atoms with Crippen LogP contribution in [0.3, 0.4) is 0 Å². The summed E-state index contributed by atoms with van der Waals surface area (Å²) in [6, 6.07) is 0. The summed E-state index contributed by atoms with van der Waals surface area (Å²) >= 11 is 1.32. The summed E-state index contributed by atoms with van der Waals surface area (Å²) in [6.45, 7) is 6.54. The Kier molecular flexibility index (Phi) is 4.65. The molecule has 1 saturated heterocycles. The van der Waals surface area contributed by atoms with E-state index in [1.807, 2.05) is 13.8 Å². The molecule has 106 valence electrons. The molecule has 1 aliphatic rings. The van der Waals surface area contributed by atoms with E-state index in [1.54, 1.807) is 4.90 Å². The molecule has 7 nitrogen and oxygen atoms in total. The molecule has 1 aromatic heterocycles. The normalized spacial score (nSPS) is 16.1. The highest BCUT2D eigenvalue weighted by Crippen LogP contribution is 2.19. The van der Waals surface area contributed by atoms with E-state index >= 15 is 0 Å². The summed E-state index contributed by atoms with van der Waals surface area (Å²) < 4.78 is 6.67. The lowest BCUT2D eigenvalue weighted by molar-refractivity contribution is -0.132. The molecule has 1 fully saturated rings. The second-order valence-electron chi connectivity index (χ2n) is 4.65. The Morgan fingerprint density at radius 2 is 2.11 bits per heavy atom. The molecule has 19 heavy (non-hydrogen) atoms. The second kappa shape index (κ2) is 6.25. The minimum absolute atomic E-state index is 0.0856. The van der Waals surface area contributed by atoms with E-state index in [2.05, 4.69) is 10.2 Å². The smallest absolute Gasteiger partial charge is 0.233 e. The third-order valence-corrected chi connectivity index (χ3v) is 3.82. The van der Waals surface area contributed by atoms with E-state index in [0.29, 0.717) is 37.2 Å². The van der Waals surface area contributed by atoms with Crippen molar-refractivity contribution >= 4 is 17.7 Å². The van der Waals surface area contributed by atoms with Crippen molar-refractivity contribution in [3.05, 3.63) is 5.82 Å². The number of nitrogens with zero attached hydrogens (tertiary/aromatic N) is 4. The molecule has 0 spiro atoms. The summed E-state index contributed by atoms with van der Waals surface area (Å²) in [5, 5.41) is 8.61. The van der Waals surface area contributed by atoms with Crippen LogP contribution in [0.25, 0.3) is 0 Å². The third-order valence-electron chi connectivity index (χ3n) is 2.90. The van der Waals surface area contributed by atoms with Crippen LogP contribution < -0.4 is 5.84 Å². The van der Waals surface area contributed by atoms with Crippen molar-refractivity contribution in [2.24, 2.45) is 0 Å². The zero-order valence-corrected chi connectivity index (χ0v) is 12.0. The van der Waals surface area contributed by atoms with Crippen LogP contribution in [0.5, 0.6) is 0 Å². The van der Waals surface area contributed by atoms with E-state index in [0.717, 1.165) is 5.82 Å². The summed E-state index contributed by atoms with van der Waals surface area (Å²) in [7, 11) is 0. The van der Waals surface area contributed by atoms with Gasteiger partial charge in [0.15, 0.2) is 5.82 Å². The first-order valence-electron chi connectivity index (χ1n) is 6.28. The maximum atomic E-state index is 12.0. The van der Waals surface area contributed by atoms with Crippen molar-refractivity contribution < 1.29 is 9.53 Å². The van der Waals surface area contributed by atoms with Crippen molar-refractivity contribution in [1.29, 1.82) is 0 Å². The Balaban J connectivity index is 1.89. The topological polar surface area (TPSA) is 86.3 Å². The van der Waals surface area contributed by atoms with E-state index in [9.17, 15) is 4.79 Å². The first-order chi connectivity index (χ1) is 9.09. The third kappa shape index (κ3) is 3.38. The van der Waals surface area contributed by atoms with Gasteiger partial charge in [-0.2, -0.15) is 0 Å². The lowest BCUT2D eigenvalue weighted by atomic mass is 10.2. The van der Waals surface area contributed by atoms with E-state index in [-0.39, 0.29) is 11.8 Å². The number of carbonyl (C=O) groups is 1. The summed E-state index contributed by atoms with van der Waals surface area (Å²) in [4.78, 5) is 13.8. The number of thioether (sulfide) groups is 1. The largest absolute Gasteiger partial charge is 0.378 e. The molecule has 0 aliphatic carbocycles. The van der Waals surface area contributed by atoms with Gasteiger partial charge < -0.3 is 15.5 Å². The maximum Gasteiger partial charge on any atom is 0.233 e. The van der Waals surface area contributed by atoms with Crippen molar-refractivity contribution in [3.8, 4) is 0 Å². The molecule has 2 heterocycles. The Morgan fingerprint density at radius 3 is 2.68 bits per heavy atom. The first kappa shape index (κ1) is 14.1. The van der Waals surface area contributed by atoms with Gasteiger partial charge in [-0.05, 0) is 0 Å². The van der Waals surface area contributed by atoms with Crippen LogP contribution in [0, 0.1) is 0 Å². The Bertz CT molecular complexity index is 442. The van der Waals surface area contributed by atoms with Crippen LogP contribution in [-0.2, 0) is 9.53 Å². The van der Waals surface area contributed by atoms with Gasteiger partial charge in [0.1, 0.15) is 0 Å². The van der Waals surface area contributed by atoms with Gasteiger partial charge in [0.25, 0.3) is 0 Å². The van der Waals surface area contributed by atoms with E-state index < -0.39 is 0 Å². The molecule has 2 N–H and O–H groups in total. The van der Waals surface area contributed by atoms with E-state index in [1.165, 1.54) is 16.4 Å². The number of amides is 1. The van der Waals surface area contributed by atoms with Crippen molar-refractivity contribution in [3.63, 3.8) is 0 Å². The molecular weight excluding hydrogens is 266 g/mol. The van der Waals surface area contributed by atoms with Crippen LogP contribution in [0.15, 0.2) is 5.16 Å². The number of ether oxygens (including phenoxy) is 1. The highest BCUT2D eigenvalue weighted by molar-refractivity contribution is 7.99. The lowest BCUT2D eigenvalue weighted by Crippen LogP contribution is -2.41. The molecule has 0 radical (unpaired) electrons. The number of hydrogen-bond donors (Lipinski definition) is 1. The molecule has 0 atom stereocenters. The monoisotopic (exact) mass is 285 g/mol. The molecule has 0 aromatic carbocycles. The van der Waals surface area contributed by atoms with Gasteiger partial charge in [0.05, 0.1) is 19.0 Å². The van der Waals surface area contributed by atoms with Crippen LogP contribution >= 0.6 is 11.8 Å². The SMILES string of the molecule is CC(C)c1nnc(SCC(=O)N2CCOCC2)n1N. The average molecular weight is 285 g/mol. The molecule has 1 amide bonds. The standard InChI is InChI=1S/C11H19N5O2S/c1-8(2)10-13-14-11(16(10)12)19-7-9(17)15-3-5-18-6-4-15/h8H,3-7,12H2,1-2H3. The van der Waals surface area contributed by atoms with Crippen molar-refractivity contribution in [1.82, 2.24) is 19.8 Å². The van der Waals surface area contributed by atoms with Gasteiger partial charge in [-0.25, -0.2) is 4.68 Å². The molecule has 1 aromatic rings. The van der Waals surface area contributed by atoms with Crippen molar-refractivity contribution in [2.45, 2.75) is 24.9 Å².